The first-order valence-corrected chi connectivity index (χ1v) is 47.5. The molecule has 0 aliphatic heterocycles. The standard InChI is InChI=1S/C18H19NO4.C17H17NO5.2C17H19NO3.C17H19NO2.2C16H17NO3/c1-11-3-7-15(14(9-11)18(22)23)19-17(21)8-6-13-5-4-12(2)16(20)10-13;1-10-2-6-14(13(8-10)17(22)23)18-16(21)7-4-11-3-5-12(19)9-15(11)20;1-11-3-6-14(19)10-15(11)18-17(21)8-5-13-4-7-16(20)12(2)9-13;1-11-4-7-14(19)10-15(11)18-17(21)8-6-13-5-3-12(2)16(20)9-13;1-12-5-3-4-6-15(12)18-17(20)10-9-14-8-7-13(2)16(19)11-14;1-11-2-6-14(19)10-15(11)17-16(20)9-5-12-3-7-13(18)8-4-12;1-11-4-2-3-5-14(11)17-16(20)9-7-12-6-8-13(18)10-15(12)19/h3-5,7,9-10,20H,6,8H2,1-2H3,(H,19,21)(H,22,23);2-3,5-6,8-9,19-20H,4,7H2,1H3,(H,18,21)(H,22,23);3-4,6-7,9-10,19-20H,5,8H2,1-2H3,(H,18,21);3-5,7,9-10,19-20H,6,8H2,1-2H3,(H,18,21);3-8,11,19H,9-10H2,1-2H3,(H,18,20);2-4,6-8,10,18-19H,5,9H2,1H3,(H,17,20);2-6,8,10,18-19H,7,9H2,1H3,(H,17,20). The van der Waals surface area contributed by atoms with Crippen molar-refractivity contribution >= 4 is 93.1 Å². The monoisotopic (exact) mass is 2010 g/mol. The predicted octanol–water partition coefficient (Wildman–Crippen LogP) is 22.1. The summed E-state index contributed by atoms with van der Waals surface area (Å²) in [4.78, 5) is 106. The Hall–Kier alpha value is -18.1. The molecule has 148 heavy (non-hydrogen) atoms. The summed E-state index contributed by atoms with van der Waals surface area (Å²) >= 11 is 0. The SMILES string of the molecule is Cc1cc(CCC(=O)Nc2cc(O)ccc2C)ccc1O.Cc1ccc(CCC(=O)Nc2cc(O)ccc2C)cc1O.Cc1ccc(CCC(=O)Nc2ccccc2C)cc1O.Cc1ccc(NC(=O)CCc2ccc(C)c(O)c2)c(C(=O)O)c1.Cc1ccc(NC(=O)CCc2ccc(O)cc2O)c(C(=O)O)c1.Cc1ccc(O)cc1NC(=O)CCc1ccc(O)cc1.Cc1ccccc1NC(=O)CCc1ccc(O)cc1O. The van der Waals surface area contributed by atoms with Gasteiger partial charge in [0.1, 0.15) is 69.0 Å². The number of aromatic hydroxyl groups is 12. The number of hydrogen-bond donors (Lipinski definition) is 21. The molecule has 30 nitrogen and oxygen atoms in total. The van der Waals surface area contributed by atoms with E-state index >= 15 is 0 Å². The highest BCUT2D eigenvalue weighted by atomic mass is 16.4. The third kappa shape index (κ3) is 39.7. The van der Waals surface area contributed by atoms with Gasteiger partial charge in [-0.2, -0.15) is 0 Å². The summed E-state index contributed by atoms with van der Waals surface area (Å²) in [5.41, 5.74) is 19.7. The van der Waals surface area contributed by atoms with Crippen molar-refractivity contribution in [1.29, 1.82) is 0 Å². The lowest BCUT2D eigenvalue weighted by atomic mass is 10.1. The molecule has 0 saturated carbocycles. The number of phenols is 12. The van der Waals surface area contributed by atoms with Crippen LogP contribution in [0.1, 0.15) is 166 Å². The van der Waals surface area contributed by atoms with E-state index in [0.717, 1.165) is 100 Å². The molecule has 14 aromatic carbocycles. The van der Waals surface area contributed by atoms with E-state index in [9.17, 15) is 110 Å². The van der Waals surface area contributed by atoms with Gasteiger partial charge in [0.15, 0.2) is 0 Å². The number of phenolic OH excluding ortho intramolecular Hbond substituents is 12. The number of carboxylic acid groups (broad SMARTS) is 2. The molecule has 0 spiro atoms. The number of carboxylic acids is 2. The normalized spacial score (nSPS) is 10.3. The number of carbonyl (C=O) groups excluding carboxylic acids is 7. The Bertz CT molecular complexity index is 6880. The molecule has 0 atom stereocenters. The van der Waals surface area contributed by atoms with E-state index in [2.05, 4.69) is 37.2 Å². The Kier molecular flexibility index (Phi) is 44.6. The molecular formula is C118H127N7O23. The van der Waals surface area contributed by atoms with Gasteiger partial charge in [-0.25, -0.2) is 9.59 Å². The smallest absolute Gasteiger partial charge is 0.337 e. The van der Waals surface area contributed by atoms with Crippen LogP contribution in [0, 0.1) is 76.2 Å². The van der Waals surface area contributed by atoms with Crippen LogP contribution in [0.4, 0.5) is 39.8 Å². The maximum absolute atomic E-state index is 12.0. The number of hydrogen-bond acceptors (Lipinski definition) is 21. The Morgan fingerprint density at radius 1 is 0.189 bits per heavy atom. The van der Waals surface area contributed by atoms with E-state index in [-0.39, 0.29) is 153 Å². The van der Waals surface area contributed by atoms with Crippen molar-refractivity contribution in [3.63, 3.8) is 0 Å². The van der Waals surface area contributed by atoms with Crippen LogP contribution in [0.15, 0.2) is 273 Å². The van der Waals surface area contributed by atoms with E-state index in [1.165, 1.54) is 60.7 Å². The minimum Gasteiger partial charge on any atom is -0.508 e. The van der Waals surface area contributed by atoms with Crippen molar-refractivity contribution in [2.45, 2.75) is 166 Å². The summed E-state index contributed by atoms with van der Waals surface area (Å²) < 4.78 is 0. The molecule has 0 unspecified atom stereocenters. The van der Waals surface area contributed by atoms with Crippen LogP contribution >= 0.6 is 0 Å². The van der Waals surface area contributed by atoms with Gasteiger partial charge in [-0.15, -0.1) is 0 Å². The third-order valence-corrected chi connectivity index (χ3v) is 23.3. The average molecular weight is 2010 g/mol. The first kappa shape index (κ1) is 115. The molecule has 7 amide bonds. The van der Waals surface area contributed by atoms with Crippen LogP contribution in [0.2, 0.25) is 0 Å². The lowest BCUT2D eigenvalue weighted by Crippen LogP contribution is -2.15. The zero-order chi connectivity index (χ0) is 108. The number of anilines is 7. The molecule has 0 radical (unpaired) electrons. The molecule has 772 valence electrons. The molecule has 0 fully saturated rings. The van der Waals surface area contributed by atoms with Crippen molar-refractivity contribution in [3.8, 4) is 69.0 Å². The lowest BCUT2D eigenvalue weighted by Gasteiger charge is -2.10. The Balaban J connectivity index is 0.000000211. The van der Waals surface area contributed by atoms with Gasteiger partial charge in [0.25, 0.3) is 0 Å². The number of aryl methyl sites for hydroxylation is 18. The minimum absolute atomic E-state index is 0.00805. The van der Waals surface area contributed by atoms with E-state index in [1.807, 2.05) is 146 Å². The predicted molar refractivity (Wildman–Crippen MR) is 575 cm³/mol. The van der Waals surface area contributed by atoms with Crippen LogP contribution in [0.3, 0.4) is 0 Å². The lowest BCUT2D eigenvalue weighted by molar-refractivity contribution is -0.117. The van der Waals surface area contributed by atoms with Crippen LogP contribution in [0.5, 0.6) is 69.0 Å². The van der Waals surface area contributed by atoms with Crippen LogP contribution in [-0.2, 0) is 78.5 Å². The molecule has 0 saturated heterocycles. The van der Waals surface area contributed by atoms with Gasteiger partial charge < -0.3 is 109 Å². The number of aromatic carboxylic acids is 2. The van der Waals surface area contributed by atoms with E-state index in [0.29, 0.717) is 98.1 Å². The number of benzene rings is 14. The van der Waals surface area contributed by atoms with E-state index < -0.39 is 11.9 Å². The first-order chi connectivity index (χ1) is 70.3. The third-order valence-electron chi connectivity index (χ3n) is 23.3. The maximum atomic E-state index is 12.0. The summed E-state index contributed by atoms with van der Waals surface area (Å²) in [6.45, 7) is 20.4. The maximum Gasteiger partial charge on any atom is 0.337 e. The topological polar surface area (TPSA) is 521 Å². The van der Waals surface area contributed by atoms with Crippen molar-refractivity contribution in [2.75, 3.05) is 37.2 Å². The van der Waals surface area contributed by atoms with Gasteiger partial charge in [-0.3, -0.25) is 33.6 Å². The number of rotatable bonds is 30. The quantitative estimate of drug-likeness (QED) is 0.0199. The van der Waals surface area contributed by atoms with Gasteiger partial charge in [0.05, 0.1) is 22.5 Å². The summed E-state index contributed by atoms with van der Waals surface area (Å²) in [5, 5.41) is 151. The van der Waals surface area contributed by atoms with Crippen molar-refractivity contribution in [2.24, 2.45) is 0 Å². The van der Waals surface area contributed by atoms with Crippen LogP contribution < -0.4 is 37.2 Å². The van der Waals surface area contributed by atoms with E-state index in [1.54, 1.807) is 142 Å². The van der Waals surface area contributed by atoms with Crippen LogP contribution in [-0.4, -0.2) is 125 Å². The second-order valence-corrected chi connectivity index (χ2v) is 35.4. The van der Waals surface area contributed by atoms with Gasteiger partial charge in [-0.05, 0) is 313 Å². The molecule has 0 aromatic heterocycles. The largest absolute Gasteiger partial charge is 0.508 e. The molecular weight excluding hydrogens is 1880 g/mol. The second kappa shape index (κ2) is 57.3. The number of amides is 7. The van der Waals surface area contributed by atoms with Gasteiger partial charge >= 0.3 is 11.9 Å². The highest BCUT2D eigenvalue weighted by Gasteiger charge is 2.19. The fourth-order valence-electron chi connectivity index (χ4n) is 14.3. The van der Waals surface area contributed by atoms with Gasteiger partial charge in [0, 0.05) is 104 Å². The molecule has 14 rings (SSSR count). The van der Waals surface area contributed by atoms with Gasteiger partial charge in [0.2, 0.25) is 41.4 Å². The van der Waals surface area contributed by atoms with Gasteiger partial charge in [-0.1, -0.05) is 151 Å². The molecule has 14 aromatic rings. The second-order valence-electron chi connectivity index (χ2n) is 35.4. The highest BCUT2D eigenvalue weighted by molar-refractivity contribution is 6.02. The molecule has 0 bridgehead atoms. The molecule has 0 aliphatic carbocycles. The summed E-state index contributed by atoms with van der Waals surface area (Å²) in [5.74, 6) is -1.79. The number of nitrogens with one attached hydrogen (secondary N) is 7. The fourth-order valence-corrected chi connectivity index (χ4v) is 14.3. The average Bonchev–Trinajstić information content (AvgIpc) is 0.840. The van der Waals surface area contributed by atoms with Crippen molar-refractivity contribution in [1.82, 2.24) is 0 Å². The first-order valence-electron chi connectivity index (χ1n) is 47.5. The van der Waals surface area contributed by atoms with E-state index in [4.69, 9.17) is 5.11 Å². The molecule has 0 heterocycles. The Morgan fingerprint density at radius 3 is 0.743 bits per heavy atom. The van der Waals surface area contributed by atoms with Crippen molar-refractivity contribution < 1.29 is 115 Å². The zero-order valence-corrected chi connectivity index (χ0v) is 84.3. The molecule has 21 N–H and O–H groups in total. The summed E-state index contributed by atoms with van der Waals surface area (Å²) in [7, 11) is 0. The summed E-state index contributed by atoms with van der Waals surface area (Å²) in [6, 6.07) is 76.4. The number of carbonyl (C=O) groups is 9. The van der Waals surface area contributed by atoms with Crippen LogP contribution in [0.25, 0.3) is 0 Å². The molecule has 30 heteroatoms. The van der Waals surface area contributed by atoms with Crippen molar-refractivity contribution in [3.05, 3.63) is 384 Å². The summed E-state index contributed by atoms with van der Waals surface area (Å²) in [6.07, 6.45) is 5.49. The zero-order valence-electron chi connectivity index (χ0n) is 84.3. The fraction of sp³-hybridized carbons (Fsp3) is 0.212. The Morgan fingerprint density at radius 2 is 0.439 bits per heavy atom. The number of para-hydroxylation sites is 2. The minimum atomic E-state index is -1.11. The molecule has 0 aliphatic rings. The highest BCUT2D eigenvalue weighted by Crippen LogP contribution is 2.32. The Labute approximate surface area is 859 Å².